The molecular formula is C23H18FN5O10S3. The van der Waals surface area contributed by atoms with Gasteiger partial charge in [-0.05, 0) is 54.8 Å². The number of nitrogens with two attached hydrogens (primary N) is 1. The number of nitrogens with zero attached hydrogens (tertiary/aromatic N) is 4. The number of azo groups is 2. The quantitative estimate of drug-likeness (QED) is 0.100. The number of halogens is 1. The fraction of sp³-hybridized carbons (Fsp3) is 0.0435. The smallest absolute Gasteiger partial charge is 0.296 e. The summed E-state index contributed by atoms with van der Waals surface area (Å²) in [5.74, 6) is -2.19. The molecule has 0 amide bonds. The van der Waals surface area contributed by atoms with Crippen LogP contribution in [0.1, 0.15) is 5.56 Å². The maximum absolute atomic E-state index is 13.6. The lowest BCUT2D eigenvalue weighted by Crippen LogP contribution is -2.03. The number of fused-ring (bicyclic) bond motifs is 1. The molecule has 15 nitrogen and oxygen atoms in total. The van der Waals surface area contributed by atoms with Crippen molar-refractivity contribution >= 4 is 69.6 Å². The van der Waals surface area contributed by atoms with E-state index in [1.165, 1.54) is 12.1 Å². The normalized spacial score (nSPS) is 13.0. The summed E-state index contributed by atoms with van der Waals surface area (Å²) in [5, 5.41) is 24.8. The Morgan fingerprint density at radius 2 is 1.21 bits per heavy atom. The van der Waals surface area contributed by atoms with Gasteiger partial charge in [0.05, 0.1) is 16.8 Å². The average molecular weight is 640 g/mol. The van der Waals surface area contributed by atoms with Crippen LogP contribution in [0, 0.1) is 12.7 Å². The van der Waals surface area contributed by atoms with Crippen molar-refractivity contribution < 1.29 is 48.4 Å². The van der Waals surface area contributed by atoms with Crippen LogP contribution >= 0.6 is 0 Å². The predicted octanol–water partition coefficient (Wildman–Crippen LogP) is 5.15. The lowest BCUT2D eigenvalue weighted by atomic mass is 10.1. The topological polar surface area (TPSA) is 259 Å². The summed E-state index contributed by atoms with van der Waals surface area (Å²) >= 11 is 0. The minimum Gasteiger partial charge on any atom is -0.505 e. The molecule has 0 aliphatic heterocycles. The van der Waals surface area contributed by atoms with Gasteiger partial charge in [-0.15, -0.1) is 15.3 Å². The third-order valence-electron chi connectivity index (χ3n) is 5.63. The van der Waals surface area contributed by atoms with E-state index in [1.807, 2.05) is 0 Å². The first-order valence-electron chi connectivity index (χ1n) is 11.1. The molecule has 0 aromatic heterocycles. The molecule has 0 spiro atoms. The Labute approximate surface area is 237 Å². The highest BCUT2D eigenvalue weighted by atomic mass is 32.2. The van der Waals surface area contributed by atoms with Crippen molar-refractivity contribution in [2.45, 2.75) is 21.6 Å². The van der Waals surface area contributed by atoms with Crippen molar-refractivity contribution in [3.05, 3.63) is 66.0 Å². The van der Waals surface area contributed by atoms with E-state index in [9.17, 15) is 48.4 Å². The Bertz CT molecular complexity index is 2150. The highest BCUT2D eigenvalue weighted by Crippen LogP contribution is 2.48. The Morgan fingerprint density at radius 3 is 1.76 bits per heavy atom. The first-order chi connectivity index (χ1) is 19.4. The molecule has 19 heteroatoms. The van der Waals surface area contributed by atoms with Crippen LogP contribution in [-0.2, 0) is 30.4 Å². The van der Waals surface area contributed by atoms with Crippen LogP contribution in [0.2, 0.25) is 0 Å². The summed E-state index contributed by atoms with van der Waals surface area (Å²) < 4.78 is 115. The first-order valence-corrected chi connectivity index (χ1v) is 15.4. The summed E-state index contributed by atoms with van der Waals surface area (Å²) in [6.45, 7) is 1.80. The molecule has 0 atom stereocenters. The molecule has 0 unspecified atom stereocenters. The third-order valence-corrected chi connectivity index (χ3v) is 8.24. The molecule has 4 rings (SSSR count). The van der Waals surface area contributed by atoms with Gasteiger partial charge < -0.3 is 10.8 Å². The van der Waals surface area contributed by atoms with Crippen LogP contribution in [0.4, 0.5) is 32.8 Å². The van der Waals surface area contributed by atoms with Crippen LogP contribution in [0.15, 0.2) is 89.7 Å². The predicted molar refractivity (Wildman–Crippen MR) is 145 cm³/mol. The number of anilines is 1. The van der Waals surface area contributed by atoms with Gasteiger partial charge in [-0.1, -0.05) is 17.7 Å². The van der Waals surface area contributed by atoms with Gasteiger partial charge in [0.25, 0.3) is 30.4 Å². The van der Waals surface area contributed by atoms with Gasteiger partial charge in [0.2, 0.25) is 0 Å². The highest BCUT2D eigenvalue weighted by Gasteiger charge is 2.28. The Hall–Kier alpha value is -4.40. The molecule has 0 fully saturated rings. The molecule has 0 aliphatic carbocycles. The van der Waals surface area contributed by atoms with Gasteiger partial charge >= 0.3 is 0 Å². The number of hydrogen-bond donors (Lipinski definition) is 5. The van der Waals surface area contributed by atoms with E-state index in [-0.39, 0.29) is 5.69 Å². The summed E-state index contributed by atoms with van der Waals surface area (Å²) in [7, 11) is -15.4. The van der Waals surface area contributed by atoms with Crippen molar-refractivity contribution in [2.24, 2.45) is 20.5 Å². The number of benzene rings is 4. The monoisotopic (exact) mass is 639 g/mol. The average Bonchev–Trinajstić information content (AvgIpc) is 2.87. The maximum atomic E-state index is 13.6. The molecule has 0 bridgehead atoms. The van der Waals surface area contributed by atoms with Crippen molar-refractivity contribution in [3.63, 3.8) is 0 Å². The van der Waals surface area contributed by atoms with Gasteiger partial charge in [-0.3, -0.25) is 13.7 Å². The first kappa shape index (κ1) is 30.6. The van der Waals surface area contributed by atoms with E-state index in [2.05, 4.69) is 20.5 Å². The molecule has 4 aromatic rings. The molecule has 0 aliphatic rings. The minimum absolute atomic E-state index is 0.246. The number of nitrogen functional groups attached to an aromatic ring is 1. The Kier molecular flexibility index (Phi) is 7.84. The number of rotatable bonds is 7. The van der Waals surface area contributed by atoms with Crippen LogP contribution in [0.5, 0.6) is 5.75 Å². The molecule has 0 heterocycles. The maximum Gasteiger partial charge on any atom is 0.296 e. The second-order valence-corrected chi connectivity index (χ2v) is 12.7. The van der Waals surface area contributed by atoms with Crippen LogP contribution in [0.25, 0.3) is 10.8 Å². The zero-order valence-corrected chi connectivity index (χ0v) is 23.4. The van der Waals surface area contributed by atoms with Crippen LogP contribution in [-0.4, -0.2) is 44.0 Å². The molecule has 6 N–H and O–H groups in total. The zero-order chi connectivity index (χ0) is 31.2. The minimum atomic E-state index is -5.25. The molecule has 4 aromatic carbocycles. The van der Waals surface area contributed by atoms with E-state index in [1.54, 1.807) is 19.1 Å². The standard InChI is InChI=1S/C23H18FN5O10S3/c1-11-2-5-14(6-3-11)26-28-21-17(41(34,35)36)8-12-9-18(42(37,38)39)22(23(30)19(12)20(21)25)29-27-15-7-4-13(24)10-16(15)40(31,32)33/h2-10,30H,25H2,1H3,(H,31,32,33)(H,34,35,36)(H,37,38,39). The summed E-state index contributed by atoms with van der Waals surface area (Å²) in [6, 6.07) is 9.67. The number of aryl methyl sites for hydroxylation is 1. The van der Waals surface area contributed by atoms with E-state index in [0.717, 1.165) is 17.7 Å². The number of aromatic hydroxyl groups is 1. The second-order valence-electron chi connectivity index (χ2n) is 8.58. The van der Waals surface area contributed by atoms with Gasteiger partial charge in [0, 0.05) is 0 Å². The molecule has 42 heavy (non-hydrogen) atoms. The van der Waals surface area contributed by atoms with E-state index in [0.29, 0.717) is 18.2 Å². The molecule has 220 valence electrons. The van der Waals surface area contributed by atoms with Crippen molar-refractivity contribution in [1.82, 2.24) is 0 Å². The van der Waals surface area contributed by atoms with Crippen LogP contribution < -0.4 is 5.73 Å². The Morgan fingerprint density at radius 1 is 0.690 bits per heavy atom. The SMILES string of the molecule is Cc1ccc(N=Nc2c(S(=O)(=O)O)cc3cc(S(=O)(=O)O)c(N=Nc4ccc(F)cc4S(=O)(=O)O)c(O)c3c2N)cc1. The van der Waals surface area contributed by atoms with Crippen LogP contribution in [0.3, 0.4) is 0 Å². The number of phenolic OH excluding ortho intramolecular Hbond substituents is 1. The lowest BCUT2D eigenvalue weighted by molar-refractivity contribution is 0.472. The third kappa shape index (κ3) is 6.25. The zero-order valence-electron chi connectivity index (χ0n) is 20.9. The van der Waals surface area contributed by atoms with Gasteiger partial charge in [0.15, 0.2) is 5.75 Å². The fourth-order valence-corrected chi connectivity index (χ4v) is 5.67. The number of hydrogen-bond acceptors (Lipinski definition) is 12. The molecule has 0 saturated heterocycles. The highest BCUT2D eigenvalue weighted by molar-refractivity contribution is 7.86. The van der Waals surface area contributed by atoms with Crippen molar-refractivity contribution in [1.29, 1.82) is 0 Å². The second kappa shape index (κ2) is 10.8. The summed E-state index contributed by atoms with van der Waals surface area (Å²) in [4.78, 5) is -3.14. The van der Waals surface area contributed by atoms with Gasteiger partial charge in [-0.25, -0.2) is 4.39 Å². The van der Waals surface area contributed by atoms with Gasteiger partial charge in [-0.2, -0.15) is 30.4 Å². The lowest BCUT2D eigenvalue weighted by Gasteiger charge is -2.14. The summed E-state index contributed by atoms with van der Waals surface area (Å²) in [6.07, 6.45) is 0. The van der Waals surface area contributed by atoms with Crippen molar-refractivity contribution in [2.75, 3.05) is 5.73 Å². The molecule has 0 radical (unpaired) electrons. The molecule has 0 saturated carbocycles. The van der Waals surface area contributed by atoms with E-state index >= 15 is 0 Å². The molecular weight excluding hydrogens is 621 g/mol. The van der Waals surface area contributed by atoms with E-state index in [4.69, 9.17) is 5.73 Å². The summed E-state index contributed by atoms with van der Waals surface area (Å²) in [5.41, 5.74) is 4.24. The largest absolute Gasteiger partial charge is 0.505 e. The Balaban J connectivity index is 2.04. The fourth-order valence-electron chi connectivity index (χ4n) is 3.70. The number of phenols is 1. The van der Waals surface area contributed by atoms with Crippen molar-refractivity contribution in [3.8, 4) is 5.75 Å². The van der Waals surface area contributed by atoms with Gasteiger partial charge in [0.1, 0.15) is 37.6 Å². The van der Waals surface area contributed by atoms with E-state index < -0.39 is 90.1 Å².